The quantitative estimate of drug-likeness (QED) is 0.388. The van der Waals surface area contributed by atoms with Gasteiger partial charge in [-0.1, -0.05) is 18.9 Å². The minimum absolute atomic E-state index is 0. The fourth-order valence-corrected chi connectivity index (χ4v) is 3.93. The molecule has 1 aromatic rings. The minimum Gasteiger partial charge on any atom is -0.356 e. The second-order valence-electron chi connectivity index (χ2n) is 7.05. The van der Waals surface area contributed by atoms with Crippen molar-refractivity contribution in [3.8, 4) is 0 Å². The Balaban J connectivity index is 0.00000243. The summed E-state index contributed by atoms with van der Waals surface area (Å²) in [5.74, 6) is -0.284. The van der Waals surface area contributed by atoms with Crippen LogP contribution in [0.4, 0.5) is 8.78 Å². The Labute approximate surface area is 171 Å². The molecule has 1 atom stereocenters. The van der Waals surface area contributed by atoms with Gasteiger partial charge in [0.1, 0.15) is 11.6 Å². The second-order valence-corrected chi connectivity index (χ2v) is 7.05. The fraction of sp³-hybridized carbons (Fsp3) is 0.632. The monoisotopic (exact) mass is 478 g/mol. The van der Waals surface area contributed by atoms with Gasteiger partial charge < -0.3 is 10.6 Å². The van der Waals surface area contributed by atoms with Crippen molar-refractivity contribution in [1.29, 1.82) is 0 Å². The Morgan fingerprint density at radius 2 is 2.00 bits per heavy atom. The molecule has 7 heteroatoms. The van der Waals surface area contributed by atoms with E-state index in [4.69, 9.17) is 0 Å². The summed E-state index contributed by atoms with van der Waals surface area (Å²) in [5.41, 5.74) is 0.512. The van der Waals surface area contributed by atoms with Crippen molar-refractivity contribution in [1.82, 2.24) is 15.5 Å². The largest absolute Gasteiger partial charge is 0.356 e. The summed E-state index contributed by atoms with van der Waals surface area (Å²) in [6.45, 7) is 2.78. The van der Waals surface area contributed by atoms with E-state index < -0.39 is 11.6 Å². The zero-order valence-electron chi connectivity index (χ0n) is 15.3. The molecule has 1 saturated carbocycles. The molecule has 2 N–H and O–H groups in total. The van der Waals surface area contributed by atoms with Gasteiger partial charge in [-0.2, -0.15) is 0 Å². The van der Waals surface area contributed by atoms with Gasteiger partial charge in [0.2, 0.25) is 0 Å². The molecule has 0 spiro atoms. The van der Waals surface area contributed by atoms with Gasteiger partial charge in [0.05, 0.1) is 0 Å². The molecule has 0 aromatic heterocycles. The van der Waals surface area contributed by atoms with Crippen LogP contribution in [0.15, 0.2) is 23.2 Å². The highest BCUT2D eigenvalue weighted by atomic mass is 127. The van der Waals surface area contributed by atoms with E-state index in [0.29, 0.717) is 24.6 Å². The van der Waals surface area contributed by atoms with Gasteiger partial charge in [-0.3, -0.25) is 9.89 Å². The van der Waals surface area contributed by atoms with E-state index in [9.17, 15) is 8.78 Å². The van der Waals surface area contributed by atoms with Gasteiger partial charge >= 0.3 is 0 Å². The molecule has 146 valence electrons. The zero-order chi connectivity index (χ0) is 17.6. The number of hydrogen-bond donors (Lipinski definition) is 2. The second kappa shape index (κ2) is 10.4. The first-order chi connectivity index (χ1) is 12.2. The molecule has 1 heterocycles. The normalized spacial score (nSPS) is 21.7. The van der Waals surface area contributed by atoms with E-state index in [-0.39, 0.29) is 24.0 Å². The molecular weight excluding hydrogens is 449 g/mol. The Morgan fingerprint density at radius 1 is 1.23 bits per heavy atom. The number of halogens is 3. The summed E-state index contributed by atoms with van der Waals surface area (Å²) in [7, 11) is 1.75. The molecular formula is C19H29F2IN4. The number of likely N-dealkylation sites (tertiary alicyclic amines) is 1. The Kier molecular flexibility index (Phi) is 8.53. The van der Waals surface area contributed by atoms with E-state index in [1.807, 2.05) is 0 Å². The zero-order valence-corrected chi connectivity index (χ0v) is 17.6. The number of hydrogen-bond acceptors (Lipinski definition) is 2. The molecule has 2 fully saturated rings. The molecule has 1 aliphatic carbocycles. The topological polar surface area (TPSA) is 39.7 Å². The van der Waals surface area contributed by atoms with Crippen LogP contribution in [0.3, 0.4) is 0 Å². The predicted octanol–water partition coefficient (Wildman–Crippen LogP) is 3.31. The highest BCUT2D eigenvalue weighted by Gasteiger charge is 2.30. The summed E-state index contributed by atoms with van der Waals surface area (Å²) in [6.07, 6.45) is 7.02. The highest BCUT2D eigenvalue weighted by molar-refractivity contribution is 14.0. The summed E-state index contributed by atoms with van der Waals surface area (Å²) >= 11 is 0. The minimum atomic E-state index is -0.542. The number of rotatable bonds is 5. The molecule has 0 radical (unpaired) electrons. The first-order valence-corrected chi connectivity index (χ1v) is 9.31. The molecule has 1 unspecified atom stereocenters. The van der Waals surface area contributed by atoms with E-state index in [0.717, 1.165) is 37.6 Å². The van der Waals surface area contributed by atoms with Gasteiger partial charge in [-0.05, 0) is 37.3 Å². The van der Waals surface area contributed by atoms with Crippen molar-refractivity contribution in [2.24, 2.45) is 4.99 Å². The lowest BCUT2D eigenvalue weighted by atomic mass is 10.1. The van der Waals surface area contributed by atoms with Crippen LogP contribution in [-0.4, -0.2) is 49.6 Å². The first kappa shape index (κ1) is 21.3. The third-order valence-corrected chi connectivity index (χ3v) is 5.33. The van der Waals surface area contributed by atoms with Gasteiger partial charge in [0.15, 0.2) is 5.96 Å². The van der Waals surface area contributed by atoms with Crippen LogP contribution in [0.25, 0.3) is 0 Å². The summed E-state index contributed by atoms with van der Waals surface area (Å²) in [4.78, 5) is 6.87. The van der Waals surface area contributed by atoms with Gasteiger partial charge in [0.25, 0.3) is 0 Å². The average Bonchev–Trinajstić information content (AvgIpc) is 3.27. The Bertz CT molecular complexity index is 605. The third kappa shape index (κ3) is 5.77. The first-order valence-electron chi connectivity index (χ1n) is 9.31. The van der Waals surface area contributed by atoms with Gasteiger partial charge in [-0.15, -0.1) is 24.0 Å². The van der Waals surface area contributed by atoms with E-state index in [1.165, 1.54) is 37.8 Å². The van der Waals surface area contributed by atoms with E-state index in [2.05, 4.69) is 20.5 Å². The molecule has 2 aliphatic rings. The van der Waals surface area contributed by atoms with Crippen molar-refractivity contribution in [3.05, 3.63) is 35.4 Å². The van der Waals surface area contributed by atoms with Crippen LogP contribution in [0.2, 0.25) is 0 Å². The molecule has 4 nitrogen and oxygen atoms in total. The van der Waals surface area contributed by atoms with Gasteiger partial charge in [0, 0.05) is 44.8 Å². The summed E-state index contributed by atoms with van der Waals surface area (Å²) in [6, 6.07) is 4.90. The molecule has 26 heavy (non-hydrogen) atoms. The average molecular weight is 478 g/mol. The van der Waals surface area contributed by atoms with Crippen molar-refractivity contribution in [2.75, 3.05) is 26.7 Å². The van der Waals surface area contributed by atoms with Crippen LogP contribution in [0, 0.1) is 11.6 Å². The maximum absolute atomic E-state index is 13.7. The Morgan fingerprint density at radius 3 is 2.69 bits per heavy atom. The van der Waals surface area contributed by atoms with Crippen LogP contribution in [0.1, 0.15) is 37.7 Å². The van der Waals surface area contributed by atoms with Crippen molar-refractivity contribution >= 4 is 29.9 Å². The van der Waals surface area contributed by atoms with Crippen LogP contribution < -0.4 is 10.6 Å². The van der Waals surface area contributed by atoms with E-state index in [1.54, 1.807) is 7.05 Å². The third-order valence-electron chi connectivity index (χ3n) is 5.33. The smallest absolute Gasteiger partial charge is 0.191 e. The number of nitrogens with zero attached hydrogens (tertiary/aromatic N) is 2. The summed E-state index contributed by atoms with van der Waals surface area (Å²) < 4.78 is 26.6. The van der Waals surface area contributed by atoms with Crippen molar-refractivity contribution < 1.29 is 8.78 Å². The lowest BCUT2D eigenvalue weighted by Gasteiger charge is -2.24. The lowest BCUT2D eigenvalue weighted by molar-refractivity contribution is 0.242. The lowest BCUT2D eigenvalue weighted by Crippen LogP contribution is -2.45. The Hall–Kier alpha value is -0.960. The molecule has 0 bridgehead atoms. The number of aliphatic imine (C=N–C) groups is 1. The summed E-state index contributed by atoms with van der Waals surface area (Å²) in [5, 5.41) is 6.70. The maximum atomic E-state index is 13.7. The number of nitrogens with one attached hydrogen (secondary N) is 2. The molecule has 1 aromatic carbocycles. The number of benzene rings is 1. The van der Waals surface area contributed by atoms with Crippen molar-refractivity contribution in [3.63, 3.8) is 0 Å². The molecule has 0 amide bonds. The van der Waals surface area contributed by atoms with Crippen molar-refractivity contribution in [2.45, 2.75) is 50.6 Å². The van der Waals surface area contributed by atoms with Crippen LogP contribution in [0.5, 0.6) is 0 Å². The molecule has 1 aliphatic heterocycles. The van der Waals surface area contributed by atoms with Gasteiger partial charge in [-0.25, -0.2) is 8.78 Å². The maximum Gasteiger partial charge on any atom is 0.191 e. The highest BCUT2D eigenvalue weighted by Crippen LogP contribution is 2.26. The van der Waals surface area contributed by atoms with Crippen LogP contribution >= 0.6 is 24.0 Å². The fourth-order valence-electron chi connectivity index (χ4n) is 3.93. The standard InChI is InChI=1S/C19H28F2N4.HI/c1-22-19(23-10-8-14-6-7-15(20)12-18(14)21)24-16-9-11-25(13-16)17-4-2-3-5-17;/h6-7,12,16-17H,2-5,8-11,13H2,1H3,(H2,22,23,24);1H. The number of guanidine groups is 1. The SMILES string of the molecule is CN=C(NCCc1ccc(F)cc1F)NC1CCN(C2CCCC2)C1.I. The molecule has 1 saturated heterocycles. The molecule has 3 rings (SSSR count). The predicted molar refractivity (Wildman–Crippen MR) is 112 cm³/mol. The van der Waals surface area contributed by atoms with Crippen LogP contribution in [-0.2, 0) is 6.42 Å². The van der Waals surface area contributed by atoms with E-state index >= 15 is 0 Å².